The number of carbonyl (C=O) groups is 3. The van der Waals surface area contributed by atoms with Crippen molar-refractivity contribution in [3.63, 3.8) is 0 Å². The number of piperidine rings is 1. The number of hydrogen-bond acceptors (Lipinski definition) is 5. The lowest BCUT2D eigenvalue weighted by Crippen LogP contribution is -2.52. The molecule has 1 fully saturated rings. The molecule has 1 saturated heterocycles. The molecule has 2 aliphatic rings. The Morgan fingerprint density at radius 3 is 2.77 bits per heavy atom. The molecule has 2 aliphatic heterocycles. The number of fused-ring (bicyclic) bond motifs is 2. The first-order valence-electron chi connectivity index (χ1n) is 9.97. The van der Waals surface area contributed by atoms with E-state index in [9.17, 15) is 14.4 Å². The third-order valence-electron chi connectivity index (χ3n) is 5.98. The highest BCUT2D eigenvalue weighted by Crippen LogP contribution is 2.31. The molecule has 2 N–H and O–H groups in total. The lowest BCUT2D eigenvalue weighted by atomic mass is 9.97. The minimum Gasteiger partial charge on any atom is -0.343 e. The van der Waals surface area contributed by atoms with Crippen LogP contribution in [0.15, 0.2) is 24.5 Å². The normalized spacial score (nSPS) is 18.8. The van der Waals surface area contributed by atoms with Gasteiger partial charge in [0, 0.05) is 36.0 Å². The zero-order valence-electron chi connectivity index (χ0n) is 16.8. The molecule has 8 heteroatoms. The minimum atomic E-state index is -0.601. The number of amides is 3. The van der Waals surface area contributed by atoms with Crippen molar-refractivity contribution in [3.8, 4) is 0 Å². The SMILES string of the molecule is Cc1cc2c(Cc3cc4c(cc3C)CN(C3CCC(=O)NC3=O)C4=O)ncnc2[nH]1. The van der Waals surface area contributed by atoms with Crippen LogP contribution in [0.25, 0.3) is 11.0 Å². The fraction of sp³-hybridized carbons (Fsp3) is 0.318. The van der Waals surface area contributed by atoms with E-state index in [0.29, 0.717) is 24.9 Å². The Morgan fingerprint density at radius 2 is 1.97 bits per heavy atom. The van der Waals surface area contributed by atoms with Crippen LogP contribution in [0.3, 0.4) is 0 Å². The van der Waals surface area contributed by atoms with Gasteiger partial charge in [0.25, 0.3) is 5.91 Å². The molecule has 1 atom stereocenters. The number of nitrogens with one attached hydrogen (secondary N) is 2. The molecule has 5 rings (SSSR count). The van der Waals surface area contributed by atoms with Gasteiger partial charge in [0.2, 0.25) is 11.8 Å². The number of carbonyl (C=O) groups excluding carboxylic acids is 3. The van der Waals surface area contributed by atoms with E-state index in [4.69, 9.17) is 0 Å². The molecule has 0 aliphatic carbocycles. The Hall–Kier alpha value is -3.55. The summed E-state index contributed by atoms with van der Waals surface area (Å²) in [6.07, 6.45) is 2.75. The predicted octanol–water partition coefficient (Wildman–Crippen LogP) is 1.93. The molecule has 2 aromatic heterocycles. The van der Waals surface area contributed by atoms with Gasteiger partial charge in [0.15, 0.2) is 0 Å². The number of nitrogens with zero attached hydrogens (tertiary/aromatic N) is 3. The topological polar surface area (TPSA) is 108 Å². The number of rotatable bonds is 3. The van der Waals surface area contributed by atoms with Crippen molar-refractivity contribution in [2.75, 3.05) is 0 Å². The molecule has 1 unspecified atom stereocenters. The van der Waals surface area contributed by atoms with Gasteiger partial charge in [-0.1, -0.05) is 6.07 Å². The number of imide groups is 1. The van der Waals surface area contributed by atoms with E-state index >= 15 is 0 Å². The summed E-state index contributed by atoms with van der Waals surface area (Å²) < 4.78 is 0. The first-order valence-corrected chi connectivity index (χ1v) is 9.97. The molecule has 0 spiro atoms. The Balaban J connectivity index is 1.46. The molecule has 0 radical (unpaired) electrons. The minimum absolute atomic E-state index is 0.161. The first-order chi connectivity index (χ1) is 14.4. The van der Waals surface area contributed by atoms with Crippen LogP contribution in [0, 0.1) is 13.8 Å². The van der Waals surface area contributed by atoms with Crippen molar-refractivity contribution < 1.29 is 14.4 Å². The molecule has 0 saturated carbocycles. The summed E-state index contributed by atoms with van der Waals surface area (Å²) in [7, 11) is 0. The number of aryl methyl sites for hydroxylation is 2. The van der Waals surface area contributed by atoms with Gasteiger partial charge in [0.05, 0.1) is 5.69 Å². The molecular weight excluding hydrogens is 382 g/mol. The lowest BCUT2D eigenvalue weighted by molar-refractivity contribution is -0.136. The van der Waals surface area contributed by atoms with Gasteiger partial charge < -0.3 is 9.88 Å². The summed E-state index contributed by atoms with van der Waals surface area (Å²) in [5.41, 5.74) is 6.35. The van der Waals surface area contributed by atoms with Gasteiger partial charge in [-0.3, -0.25) is 19.7 Å². The van der Waals surface area contributed by atoms with Crippen molar-refractivity contribution >= 4 is 28.8 Å². The van der Waals surface area contributed by atoms with Crippen LogP contribution in [0.4, 0.5) is 0 Å². The zero-order chi connectivity index (χ0) is 21.0. The highest BCUT2D eigenvalue weighted by Gasteiger charge is 2.39. The molecule has 0 bridgehead atoms. The Morgan fingerprint density at radius 1 is 1.13 bits per heavy atom. The Labute approximate surface area is 172 Å². The zero-order valence-corrected chi connectivity index (χ0v) is 16.8. The number of hydrogen-bond donors (Lipinski definition) is 2. The third kappa shape index (κ3) is 2.96. The number of aromatic nitrogens is 3. The smallest absolute Gasteiger partial charge is 0.255 e. The highest BCUT2D eigenvalue weighted by atomic mass is 16.2. The average molecular weight is 403 g/mol. The summed E-state index contributed by atoms with van der Waals surface area (Å²) in [4.78, 5) is 50.3. The highest BCUT2D eigenvalue weighted by molar-refractivity contribution is 6.05. The van der Waals surface area contributed by atoms with Crippen LogP contribution in [0.2, 0.25) is 0 Å². The van der Waals surface area contributed by atoms with E-state index in [2.05, 4.69) is 20.3 Å². The second kappa shape index (κ2) is 6.76. The van der Waals surface area contributed by atoms with Gasteiger partial charge >= 0.3 is 0 Å². The van der Waals surface area contributed by atoms with Gasteiger partial charge in [-0.2, -0.15) is 0 Å². The van der Waals surface area contributed by atoms with Crippen molar-refractivity contribution in [1.29, 1.82) is 0 Å². The number of benzene rings is 1. The molecule has 8 nitrogen and oxygen atoms in total. The number of aromatic amines is 1. The maximum absolute atomic E-state index is 13.1. The molecule has 30 heavy (non-hydrogen) atoms. The van der Waals surface area contributed by atoms with E-state index in [1.54, 1.807) is 11.2 Å². The molecular formula is C22H21N5O3. The van der Waals surface area contributed by atoms with E-state index in [0.717, 1.165) is 39.1 Å². The molecule has 1 aromatic carbocycles. The predicted molar refractivity (Wildman–Crippen MR) is 109 cm³/mol. The summed E-state index contributed by atoms with van der Waals surface area (Å²) >= 11 is 0. The van der Waals surface area contributed by atoms with Crippen LogP contribution in [-0.2, 0) is 22.6 Å². The third-order valence-corrected chi connectivity index (χ3v) is 5.98. The summed E-state index contributed by atoms with van der Waals surface area (Å²) in [5.74, 6) is -0.837. The van der Waals surface area contributed by atoms with Crippen LogP contribution in [-0.4, -0.2) is 43.6 Å². The molecule has 3 aromatic rings. The van der Waals surface area contributed by atoms with Crippen molar-refractivity contribution in [1.82, 2.24) is 25.2 Å². The van der Waals surface area contributed by atoms with Gasteiger partial charge in [0.1, 0.15) is 18.0 Å². The van der Waals surface area contributed by atoms with Crippen LogP contribution < -0.4 is 5.32 Å². The Kier molecular flexibility index (Phi) is 4.16. The second-order valence-electron chi connectivity index (χ2n) is 8.05. The van der Waals surface area contributed by atoms with Crippen molar-refractivity contribution in [2.45, 2.75) is 45.7 Å². The summed E-state index contributed by atoms with van der Waals surface area (Å²) in [6.45, 7) is 4.39. The van der Waals surface area contributed by atoms with Gasteiger partial charge in [-0.05, 0) is 49.1 Å². The molecule has 4 heterocycles. The van der Waals surface area contributed by atoms with Gasteiger partial charge in [-0.25, -0.2) is 9.97 Å². The lowest BCUT2D eigenvalue weighted by Gasteiger charge is -2.29. The summed E-state index contributed by atoms with van der Waals surface area (Å²) in [6, 6.07) is 5.38. The number of H-pyrrole nitrogens is 1. The largest absolute Gasteiger partial charge is 0.343 e. The van der Waals surface area contributed by atoms with E-state index < -0.39 is 11.9 Å². The van der Waals surface area contributed by atoms with Crippen molar-refractivity contribution in [2.24, 2.45) is 0 Å². The quantitative estimate of drug-likeness (QED) is 0.650. The van der Waals surface area contributed by atoms with E-state index in [1.165, 1.54) is 0 Å². The monoisotopic (exact) mass is 403 g/mol. The maximum Gasteiger partial charge on any atom is 0.255 e. The fourth-order valence-corrected chi connectivity index (χ4v) is 4.42. The maximum atomic E-state index is 13.1. The van der Waals surface area contributed by atoms with Gasteiger partial charge in [-0.15, -0.1) is 0 Å². The second-order valence-corrected chi connectivity index (χ2v) is 8.05. The van der Waals surface area contributed by atoms with Crippen LogP contribution >= 0.6 is 0 Å². The fourth-order valence-electron chi connectivity index (χ4n) is 4.42. The van der Waals surface area contributed by atoms with E-state index in [-0.39, 0.29) is 18.2 Å². The molecule has 152 valence electrons. The first kappa shape index (κ1) is 18.5. The molecule has 3 amide bonds. The Bertz CT molecular complexity index is 1230. The summed E-state index contributed by atoms with van der Waals surface area (Å²) in [5, 5.41) is 3.32. The average Bonchev–Trinajstić information content (AvgIpc) is 3.22. The van der Waals surface area contributed by atoms with Crippen LogP contribution in [0.5, 0.6) is 0 Å². The van der Waals surface area contributed by atoms with Crippen molar-refractivity contribution in [3.05, 3.63) is 58.2 Å². The van der Waals surface area contributed by atoms with Crippen LogP contribution in [0.1, 0.15) is 51.3 Å². The standard InChI is InChI=1S/C22H21N5O3/c1-11-5-14-9-27(18-3-4-19(28)26-21(18)29)22(30)15(14)7-13(11)8-17-16-6-12(2)25-20(16)24-10-23-17/h5-7,10,18H,3-4,8-9H2,1-2H3,(H,23,24,25)(H,26,28,29). The van der Waals surface area contributed by atoms with E-state index in [1.807, 2.05) is 32.0 Å².